The number of hydrogen-bond acceptors (Lipinski definition) is 0. The molecule has 0 unspecified atom stereocenters. The number of rotatable bonds is 10. The van der Waals surface area contributed by atoms with Crippen molar-refractivity contribution in [2.24, 2.45) is 0 Å². The Morgan fingerprint density at radius 2 is 0.310 bits per heavy atom. The van der Waals surface area contributed by atoms with Gasteiger partial charge in [-0.2, -0.15) is 0 Å². The van der Waals surface area contributed by atoms with E-state index in [0.717, 1.165) is 22.7 Å². The fraction of sp³-hybridized carbons (Fsp3) is 0. The summed E-state index contributed by atoms with van der Waals surface area (Å²) in [5.74, 6) is 0. The van der Waals surface area contributed by atoms with Gasteiger partial charge in [0.1, 0.15) is 0 Å². The number of nitrogens with zero attached hydrogens (tertiary/aromatic N) is 4. The third-order valence-electron chi connectivity index (χ3n) is 20.3. The van der Waals surface area contributed by atoms with Crippen molar-refractivity contribution in [2.75, 3.05) is 0 Å². The third-order valence-corrected chi connectivity index (χ3v) is 20.3. The second kappa shape index (κ2) is 24.4. The molecule has 0 amide bonds. The van der Waals surface area contributed by atoms with Crippen LogP contribution in [0.2, 0.25) is 0 Å². The molecule has 0 aliphatic heterocycles. The largest absolute Gasteiger partial charge is 0.309 e. The van der Waals surface area contributed by atoms with E-state index in [9.17, 15) is 0 Å². The first-order valence-corrected chi connectivity index (χ1v) is 34.4. The van der Waals surface area contributed by atoms with Crippen LogP contribution in [-0.4, -0.2) is 18.3 Å². The highest BCUT2D eigenvalue weighted by Crippen LogP contribution is 2.44. The fourth-order valence-corrected chi connectivity index (χ4v) is 15.9. The van der Waals surface area contributed by atoms with Crippen LogP contribution in [0.4, 0.5) is 0 Å². The van der Waals surface area contributed by atoms with Crippen molar-refractivity contribution in [2.45, 2.75) is 0 Å². The minimum Gasteiger partial charge on any atom is -0.309 e. The molecule has 0 aliphatic rings. The molecule has 4 heteroatoms. The van der Waals surface area contributed by atoms with E-state index in [1.54, 1.807) is 0 Å². The van der Waals surface area contributed by atoms with Crippen LogP contribution in [0.15, 0.2) is 388 Å². The van der Waals surface area contributed by atoms with Gasteiger partial charge >= 0.3 is 0 Å². The van der Waals surface area contributed by atoms with Gasteiger partial charge in [0.15, 0.2) is 0 Å². The van der Waals surface area contributed by atoms with Gasteiger partial charge in [-0.15, -0.1) is 0 Å². The quantitative estimate of drug-likeness (QED) is 0.130. The van der Waals surface area contributed by atoms with E-state index < -0.39 is 0 Å². The molecule has 0 bridgehead atoms. The minimum atomic E-state index is 1.15. The molecule has 0 saturated carbocycles. The molecule has 20 rings (SSSR count). The Morgan fingerprint density at radius 3 is 0.550 bits per heavy atom. The van der Waals surface area contributed by atoms with Crippen LogP contribution in [0.25, 0.3) is 177 Å². The van der Waals surface area contributed by atoms with Crippen LogP contribution >= 0.6 is 0 Å². The molecular formula is C96H64N4. The second-order valence-corrected chi connectivity index (χ2v) is 25.9. The summed E-state index contributed by atoms with van der Waals surface area (Å²) in [4.78, 5) is 0. The maximum atomic E-state index is 2.39. The summed E-state index contributed by atoms with van der Waals surface area (Å²) in [5, 5.41) is 10.2. The summed E-state index contributed by atoms with van der Waals surface area (Å²) >= 11 is 0. The predicted octanol–water partition coefficient (Wildman–Crippen LogP) is 25.8. The molecule has 20 aromatic rings. The first-order chi connectivity index (χ1) is 49.7. The van der Waals surface area contributed by atoms with Gasteiger partial charge in [-0.05, 0) is 164 Å². The van der Waals surface area contributed by atoms with Crippen molar-refractivity contribution in [1.29, 1.82) is 0 Å². The highest BCUT2D eigenvalue weighted by molar-refractivity contribution is 6.13. The van der Waals surface area contributed by atoms with Crippen LogP contribution in [0.5, 0.6) is 0 Å². The SMILES string of the molecule is c1cc(-c2ccccc2-c2ccccc2-c2cccc(-n3c4ccccc4c4ccccc43)c2)cc(-n2c3ccccc3c3ccccc32)c1.c1ccc(-c2ccccc2-c2ccc(-n3c4ccccc4c4ccccc43)cc2)c(-c2ccc(-n3c4ccccc4c4ccccc43)cc2)c1. The van der Waals surface area contributed by atoms with Gasteiger partial charge in [-0.25, -0.2) is 0 Å². The maximum Gasteiger partial charge on any atom is 0.0541 e. The molecule has 4 aromatic heterocycles. The lowest BCUT2D eigenvalue weighted by molar-refractivity contribution is 1.18. The highest BCUT2D eigenvalue weighted by atomic mass is 15.0. The van der Waals surface area contributed by atoms with Crippen molar-refractivity contribution in [1.82, 2.24) is 18.3 Å². The lowest BCUT2D eigenvalue weighted by Gasteiger charge is -2.17. The number of fused-ring (bicyclic) bond motifs is 12. The Balaban J connectivity index is 0.000000139. The topological polar surface area (TPSA) is 19.7 Å². The Labute approximate surface area is 579 Å². The molecular weight excluding hydrogens is 1210 g/mol. The van der Waals surface area contributed by atoms with Crippen molar-refractivity contribution >= 4 is 87.2 Å². The Hall–Kier alpha value is -13.3. The maximum absolute atomic E-state index is 2.39. The third kappa shape index (κ3) is 9.76. The summed E-state index contributed by atoms with van der Waals surface area (Å²) in [7, 11) is 0. The van der Waals surface area contributed by atoms with Crippen molar-refractivity contribution in [3.8, 4) is 89.5 Å². The van der Waals surface area contributed by atoms with Crippen LogP contribution in [0.3, 0.4) is 0 Å². The minimum absolute atomic E-state index is 1.15. The average Bonchev–Trinajstić information content (AvgIpc) is 1.46. The molecule has 0 aliphatic carbocycles. The van der Waals surface area contributed by atoms with E-state index >= 15 is 0 Å². The molecule has 468 valence electrons. The van der Waals surface area contributed by atoms with Crippen LogP contribution in [0, 0.1) is 0 Å². The van der Waals surface area contributed by atoms with E-state index in [1.807, 2.05) is 0 Å². The molecule has 0 spiro atoms. The molecule has 16 aromatic carbocycles. The zero-order valence-electron chi connectivity index (χ0n) is 54.7. The van der Waals surface area contributed by atoms with E-state index in [0.29, 0.717) is 0 Å². The van der Waals surface area contributed by atoms with Gasteiger partial charge in [0.25, 0.3) is 0 Å². The van der Waals surface area contributed by atoms with Crippen LogP contribution < -0.4 is 0 Å². The van der Waals surface area contributed by atoms with Gasteiger partial charge in [-0.3, -0.25) is 0 Å². The Bertz CT molecular complexity index is 5920. The Kier molecular flexibility index (Phi) is 14.2. The smallest absolute Gasteiger partial charge is 0.0541 e. The zero-order chi connectivity index (χ0) is 66.0. The van der Waals surface area contributed by atoms with E-state index in [4.69, 9.17) is 0 Å². The van der Waals surface area contributed by atoms with Gasteiger partial charge in [0.05, 0.1) is 44.1 Å². The number of aromatic nitrogens is 4. The molecule has 0 radical (unpaired) electrons. The van der Waals surface area contributed by atoms with Gasteiger partial charge in [-0.1, -0.05) is 291 Å². The molecule has 4 heterocycles. The van der Waals surface area contributed by atoms with E-state index in [2.05, 4.69) is 407 Å². The lowest BCUT2D eigenvalue weighted by Crippen LogP contribution is -1.96. The molecule has 0 N–H and O–H groups in total. The average molecular weight is 1270 g/mol. The van der Waals surface area contributed by atoms with E-state index in [1.165, 1.54) is 154 Å². The Morgan fingerprint density at radius 1 is 0.120 bits per heavy atom. The summed E-state index contributed by atoms with van der Waals surface area (Å²) < 4.78 is 9.53. The molecule has 0 atom stereocenters. The van der Waals surface area contributed by atoms with Crippen molar-refractivity contribution in [3.63, 3.8) is 0 Å². The van der Waals surface area contributed by atoms with Gasteiger partial charge < -0.3 is 18.3 Å². The first-order valence-electron chi connectivity index (χ1n) is 34.4. The molecule has 0 saturated heterocycles. The standard InChI is InChI=1S/2C48H32N2/c1-3-21-39(37(19-1)33-15-13-17-35(31-33)49-45-27-9-5-23-41(45)42-24-6-10-28-46(42)49)40-22-4-2-20-38(40)34-16-14-18-36(32-34)50-47-29-11-7-25-43(47)44-26-8-12-30-48(44)50;1-3-15-39(37(13-1)33-25-29-35(30-26-33)49-45-21-9-5-17-41(45)42-18-6-10-22-46(42)49)40-16-4-2-14-38(40)34-27-31-36(32-28-34)50-47-23-11-7-19-43(47)44-20-8-12-24-48(44)50/h2*1-32H. The number of benzene rings is 16. The van der Waals surface area contributed by atoms with Gasteiger partial charge in [0.2, 0.25) is 0 Å². The fourth-order valence-electron chi connectivity index (χ4n) is 15.9. The van der Waals surface area contributed by atoms with E-state index in [-0.39, 0.29) is 0 Å². The van der Waals surface area contributed by atoms with Gasteiger partial charge in [0, 0.05) is 65.8 Å². The predicted molar refractivity (Wildman–Crippen MR) is 423 cm³/mol. The second-order valence-electron chi connectivity index (χ2n) is 25.9. The van der Waals surface area contributed by atoms with Crippen LogP contribution in [0.1, 0.15) is 0 Å². The summed E-state index contributed by atoms with van der Waals surface area (Å²) in [6.45, 7) is 0. The monoisotopic (exact) mass is 1270 g/mol. The summed E-state index contributed by atoms with van der Waals surface area (Å²) in [6, 6.07) is 141. The van der Waals surface area contributed by atoms with Crippen molar-refractivity contribution in [3.05, 3.63) is 388 Å². The summed E-state index contributed by atoms with van der Waals surface area (Å²) in [6.07, 6.45) is 0. The molecule has 100 heavy (non-hydrogen) atoms. The number of para-hydroxylation sites is 8. The lowest BCUT2D eigenvalue weighted by atomic mass is 9.89. The molecule has 4 nitrogen and oxygen atoms in total. The van der Waals surface area contributed by atoms with Crippen LogP contribution in [-0.2, 0) is 0 Å². The normalized spacial score (nSPS) is 11.6. The zero-order valence-corrected chi connectivity index (χ0v) is 54.7. The van der Waals surface area contributed by atoms with Crippen molar-refractivity contribution < 1.29 is 0 Å². The first kappa shape index (κ1) is 58.1. The molecule has 0 fully saturated rings. The highest BCUT2D eigenvalue weighted by Gasteiger charge is 2.20. The summed E-state index contributed by atoms with van der Waals surface area (Å²) in [5.41, 5.74) is 28.9. The number of hydrogen-bond donors (Lipinski definition) is 0.